The predicted octanol–water partition coefficient (Wildman–Crippen LogP) is 3.83. The number of benzene rings is 1. The highest BCUT2D eigenvalue weighted by molar-refractivity contribution is 6.29. The van der Waals surface area contributed by atoms with Gasteiger partial charge in [0.15, 0.2) is 0 Å². The minimum absolute atomic E-state index is 0.718. The average Bonchev–Trinajstić information content (AvgIpc) is 2.25. The molecule has 0 saturated carbocycles. The Kier molecular flexibility index (Phi) is 4.70. The summed E-state index contributed by atoms with van der Waals surface area (Å²) in [5.41, 5.74) is 2.66. The SMILES string of the molecule is C=C(Cl)CCN(C)c1ccccc1CC. The van der Waals surface area contributed by atoms with E-state index in [1.807, 2.05) is 0 Å². The summed E-state index contributed by atoms with van der Waals surface area (Å²) < 4.78 is 0. The summed E-state index contributed by atoms with van der Waals surface area (Å²) in [7, 11) is 2.09. The van der Waals surface area contributed by atoms with Crippen molar-refractivity contribution in [3.8, 4) is 0 Å². The second-order valence-electron chi connectivity index (χ2n) is 3.67. The van der Waals surface area contributed by atoms with Gasteiger partial charge < -0.3 is 4.90 Å². The van der Waals surface area contributed by atoms with E-state index in [0.717, 1.165) is 24.4 Å². The number of para-hydroxylation sites is 1. The molecule has 1 rings (SSSR count). The average molecular weight is 224 g/mol. The Morgan fingerprint density at radius 1 is 1.40 bits per heavy atom. The van der Waals surface area contributed by atoms with Crippen LogP contribution in [0.3, 0.4) is 0 Å². The fourth-order valence-corrected chi connectivity index (χ4v) is 1.68. The third-order valence-corrected chi connectivity index (χ3v) is 2.69. The molecule has 0 N–H and O–H groups in total. The minimum Gasteiger partial charge on any atom is -0.374 e. The predicted molar refractivity (Wildman–Crippen MR) is 68.7 cm³/mol. The standard InChI is InChI=1S/C13H18ClN/c1-4-12-7-5-6-8-13(12)15(3)10-9-11(2)14/h5-8H,2,4,9-10H2,1,3H3. The van der Waals surface area contributed by atoms with E-state index in [4.69, 9.17) is 11.6 Å². The van der Waals surface area contributed by atoms with Gasteiger partial charge in [-0.25, -0.2) is 0 Å². The maximum absolute atomic E-state index is 5.76. The van der Waals surface area contributed by atoms with Crippen molar-refractivity contribution in [3.05, 3.63) is 41.4 Å². The molecule has 0 aliphatic rings. The van der Waals surface area contributed by atoms with Gasteiger partial charge in [0.1, 0.15) is 0 Å². The van der Waals surface area contributed by atoms with Crippen molar-refractivity contribution in [1.82, 2.24) is 0 Å². The van der Waals surface area contributed by atoms with Gasteiger partial charge in [0.25, 0.3) is 0 Å². The van der Waals surface area contributed by atoms with Crippen molar-refractivity contribution in [2.24, 2.45) is 0 Å². The van der Waals surface area contributed by atoms with E-state index in [1.54, 1.807) is 0 Å². The third kappa shape index (κ3) is 3.60. The van der Waals surface area contributed by atoms with E-state index >= 15 is 0 Å². The van der Waals surface area contributed by atoms with E-state index in [0.29, 0.717) is 0 Å². The van der Waals surface area contributed by atoms with Crippen LogP contribution in [0.15, 0.2) is 35.9 Å². The lowest BCUT2D eigenvalue weighted by molar-refractivity contribution is 0.882. The fourth-order valence-electron chi connectivity index (χ4n) is 1.59. The first kappa shape index (κ1) is 12.1. The molecule has 0 radical (unpaired) electrons. The zero-order valence-electron chi connectivity index (χ0n) is 9.46. The molecule has 1 aromatic rings. The van der Waals surface area contributed by atoms with Crippen LogP contribution in [0.2, 0.25) is 0 Å². The van der Waals surface area contributed by atoms with Crippen LogP contribution in [0, 0.1) is 0 Å². The molecular formula is C13H18ClN. The molecule has 0 bridgehead atoms. The Bertz CT molecular complexity index is 333. The monoisotopic (exact) mass is 223 g/mol. The molecule has 0 amide bonds. The Hall–Kier alpha value is -0.950. The van der Waals surface area contributed by atoms with Gasteiger partial charge in [-0.15, -0.1) is 0 Å². The van der Waals surface area contributed by atoms with Gasteiger partial charge in [-0.1, -0.05) is 43.3 Å². The summed E-state index contributed by atoms with van der Waals surface area (Å²) in [4.78, 5) is 2.23. The van der Waals surface area contributed by atoms with Crippen LogP contribution < -0.4 is 4.90 Å². The molecule has 0 fully saturated rings. The minimum atomic E-state index is 0.718. The molecule has 15 heavy (non-hydrogen) atoms. The summed E-state index contributed by atoms with van der Waals surface area (Å²) in [5.74, 6) is 0. The zero-order chi connectivity index (χ0) is 11.3. The van der Waals surface area contributed by atoms with Crippen LogP contribution in [-0.2, 0) is 6.42 Å². The summed E-state index contributed by atoms with van der Waals surface area (Å²) in [5, 5.41) is 0.718. The summed E-state index contributed by atoms with van der Waals surface area (Å²) >= 11 is 5.76. The molecule has 0 unspecified atom stereocenters. The molecule has 0 aliphatic carbocycles. The van der Waals surface area contributed by atoms with Crippen LogP contribution >= 0.6 is 11.6 Å². The Morgan fingerprint density at radius 2 is 2.07 bits per heavy atom. The molecule has 0 aromatic heterocycles. The van der Waals surface area contributed by atoms with E-state index in [1.165, 1.54) is 11.3 Å². The van der Waals surface area contributed by atoms with Crippen molar-refractivity contribution in [3.63, 3.8) is 0 Å². The molecule has 0 saturated heterocycles. The van der Waals surface area contributed by atoms with Gasteiger partial charge in [-0.05, 0) is 18.1 Å². The second-order valence-corrected chi connectivity index (χ2v) is 4.21. The molecule has 0 spiro atoms. The van der Waals surface area contributed by atoms with Gasteiger partial charge in [0.05, 0.1) is 0 Å². The number of nitrogens with zero attached hydrogens (tertiary/aromatic N) is 1. The number of hydrogen-bond donors (Lipinski definition) is 0. The van der Waals surface area contributed by atoms with E-state index < -0.39 is 0 Å². The van der Waals surface area contributed by atoms with E-state index in [-0.39, 0.29) is 0 Å². The van der Waals surface area contributed by atoms with Gasteiger partial charge in [0, 0.05) is 30.7 Å². The molecule has 1 nitrogen and oxygen atoms in total. The molecular weight excluding hydrogens is 206 g/mol. The van der Waals surface area contributed by atoms with Gasteiger partial charge >= 0.3 is 0 Å². The normalized spacial score (nSPS) is 10.1. The fraction of sp³-hybridized carbons (Fsp3) is 0.385. The van der Waals surface area contributed by atoms with Crippen LogP contribution in [0.1, 0.15) is 18.9 Å². The number of halogens is 1. The molecule has 0 atom stereocenters. The summed E-state index contributed by atoms with van der Waals surface area (Å²) in [6, 6.07) is 8.47. The maximum Gasteiger partial charge on any atom is 0.0396 e. The van der Waals surface area contributed by atoms with Crippen molar-refractivity contribution >= 4 is 17.3 Å². The Labute approximate surface area is 97.4 Å². The smallest absolute Gasteiger partial charge is 0.0396 e. The molecule has 1 aromatic carbocycles. The number of hydrogen-bond acceptors (Lipinski definition) is 1. The highest BCUT2D eigenvalue weighted by atomic mass is 35.5. The van der Waals surface area contributed by atoms with Crippen LogP contribution in [0.25, 0.3) is 0 Å². The highest BCUT2D eigenvalue weighted by Gasteiger charge is 2.04. The lowest BCUT2D eigenvalue weighted by Gasteiger charge is -2.21. The number of anilines is 1. The van der Waals surface area contributed by atoms with Crippen LogP contribution in [0.5, 0.6) is 0 Å². The maximum atomic E-state index is 5.76. The van der Waals surface area contributed by atoms with E-state index in [2.05, 4.69) is 49.7 Å². The van der Waals surface area contributed by atoms with Gasteiger partial charge in [-0.3, -0.25) is 0 Å². The van der Waals surface area contributed by atoms with Crippen molar-refractivity contribution < 1.29 is 0 Å². The second kappa shape index (κ2) is 5.82. The number of aryl methyl sites for hydroxylation is 1. The van der Waals surface area contributed by atoms with Gasteiger partial charge in [0.2, 0.25) is 0 Å². The first-order valence-corrected chi connectivity index (χ1v) is 5.65. The van der Waals surface area contributed by atoms with Crippen LogP contribution in [0.4, 0.5) is 5.69 Å². The molecule has 2 heteroatoms. The third-order valence-electron chi connectivity index (χ3n) is 2.50. The van der Waals surface area contributed by atoms with Crippen molar-refractivity contribution in [2.75, 3.05) is 18.5 Å². The Morgan fingerprint density at radius 3 is 2.67 bits per heavy atom. The quantitative estimate of drug-likeness (QED) is 0.734. The van der Waals surface area contributed by atoms with Gasteiger partial charge in [-0.2, -0.15) is 0 Å². The Balaban J connectivity index is 2.72. The summed E-state index contributed by atoms with van der Waals surface area (Å²) in [6.45, 7) is 6.79. The first-order chi connectivity index (χ1) is 7.15. The van der Waals surface area contributed by atoms with Crippen LogP contribution in [-0.4, -0.2) is 13.6 Å². The lowest BCUT2D eigenvalue weighted by Crippen LogP contribution is -2.19. The first-order valence-electron chi connectivity index (χ1n) is 5.27. The highest BCUT2D eigenvalue weighted by Crippen LogP contribution is 2.20. The number of rotatable bonds is 5. The molecule has 0 heterocycles. The summed E-state index contributed by atoms with van der Waals surface area (Å²) in [6.07, 6.45) is 1.89. The molecule has 0 aliphatic heterocycles. The molecule has 82 valence electrons. The lowest BCUT2D eigenvalue weighted by atomic mass is 10.1. The van der Waals surface area contributed by atoms with Crippen molar-refractivity contribution in [1.29, 1.82) is 0 Å². The van der Waals surface area contributed by atoms with Crippen molar-refractivity contribution in [2.45, 2.75) is 19.8 Å². The van der Waals surface area contributed by atoms with E-state index in [9.17, 15) is 0 Å². The largest absolute Gasteiger partial charge is 0.374 e. The topological polar surface area (TPSA) is 3.24 Å². The zero-order valence-corrected chi connectivity index (χ0v) is 10.2.